The molecule has 6 rings (SSSR count). The zero-order valence-corrected chi connectivity index (χ0v) is 19.3. The van der Waals surface area contributed by atoms with Crippen molar-refractivity contribution in [3.63, 3.8) is 0 Å². The van der Waals surface area contributed by atoms with Crippen LogP contribution in [-0.2, 0) is 16.0 Å². The number of nitrogens with zero attached hydrogens (tertiary/aromatic N) is 5. The molecular formula is C26H23N7O3. The van der Waals surface area contributed by atoms with Crippen LogP contribution in [0.2, 0.25) is 0 Å². The highest BCUT2D eigenvalue weighted by atomic mass is 16.5. The van der Waals surface area contributed by atoms with Crippen molar-refractivity contribution < 1.29 is 14.1 Å². The van der Waals surface area contributed by atoms with Gasteiger partial charge in [-0.2, -0.15) is 0 Å². The van der Waals surface area contributed by atoms with Crippen LogP contribution in [0.1, 0.15) is 5.76 Å². The number of aromatic nitrogens is 5. The number of H-pyrrole nitrogens is 1. The van der Waals surface area contributed by atoms with Crippen LogP contribution in [0.5, 0.6) is 0 Å². The molecule has 0 radical (unpaired) electrons. The molecule has 1 aliphatic heterocycles. The summed E-state index contributed by atoms with van der Waals surface area (Å²) in [5.74, 6) is 1.83. The summed E-state index contributed by atoms with van der Waals surface area (Å²) in [6, 6.07) is 19.0. The number of ether oxygens (including phenoxy) is 1. The quantitative estimate of drug-likeness (QED) is 0.377. The standard InChI is InChI=1S/C26H23N7O3/c34-22(15-20-14-21(32-36-20)17-4-2-1-3-5-17)29-19-8-6-18(7-9-19)24-30-23-25(31-24)27-16-28-26(23)33-10-12-35-13-11-33/h1-9,14,16H,10-13,15H2,(H,29,34)(H,27,28,30,31). The molecule has 1 amide bonds. The van der Waals surface area contributed by atoms with Crippen molar-refractivity contribution in [1.29, 1.82) is 0 Å². The van der Waals surface area contributed by atoms with Gasteiger partial charge < -0.3 is 24.5 Å². The van der Waals surface area contributed by atoms with Gasteiger partial charge in [-0.15, -0.1) is 0 Å². The first kappa shape index (κ1) is 21.9. The zero-order chi connectivity index (χ0) is 24.3. The summed E-state index contributed by atoms with van der Waals surface area (Å²) >= 11 is 0. The number of hydrogen-bond acceptors (Lipinski definition) is 8. The number of anilines is 2. The molecule has 10 heteroatoms. The number of nitrogens with one attached hydrogen (secondary N) is 2. The minimum absolute atomic E-state index is 0.0914. The predicted molar refractivity (Wildman–Crippen MR) is 134 cm³/mol. The van der Waals surface area contributed by atoms with Gasteiger partial charge in [-0.05, 0) is 24.3 Å². The molecule has 2 aromatic carbocycles. The lowest BCUT2D eigenvalue weighted by atomic mass is 10.1. The third kappa shape index (κ3) is 4.53. The SMILES string of the molecule is O=C(Cc1cc(-c2ccccc2)no1)Nc1ccc(-c2nc3ncnc(N4CCOCC4)c3[nH]2)cc1. The van der Waals surface area contributed by atoms with E-state index in [1.807, 2.05) is 54.6 Å². The Bertz CT molecular complexity index is 1490. The van der Waals surface area contributed by atoms with Crippen LogP contribution in [0.4, 0.5) is 11.5 Å². The van der Waals surface area contributed by atoms with Crippen molar-refractivity contribution >= 4 is 28.6 Å². The molecule has 1 aliphatic rings. The van der Waals surface area contributed by atoms with Crippen LogP contribution in [0.25, 0.3) is 33.8 Å². The number of imidazole rings is 1. The first-order valence-corrected chi connectivity index (χ1v) is 11.7. The van der Waals surface area contributed by atoms with Gasteiger partial charge in [-0.3, -0.25) is 4.79 Å². The number of fused-ring (bicyclic) bond motifs is 1. The van der Waals surface area contributed by atoms with E-state index in [4.69, 9.17) is 9.26 Å². The average molecular weight is 482 g/mol. The number of carbonyl (C=O) groups is 1. The molecule has 10 nitrogen and oxygen atoms in total. The molecule has 0 spiro atoms. The lowest BCUT2D eigenvalue weighted by molar-refractivity contribution is -0.115. The second kappa shape index (κ2) is 9.59. The van der Waals surface area contributed by atoms with Crippen molar-refractivity contribution in [2.45, 2.75) is 6.42 Å². The third-order valence-corrected chi connectivity index (χ3v) is 5.98. The molecule has 180 valence electrons. The van der Waals surface area contributed by atoms with Gasteiger partial charge in [-0.1, -0.05) is 35.5 Å². The van der Waals surface area contributed by atoms with E-state index in [9.17, 15) is 4.79 Å². The zero-order valence-electron chi connectivity index (χ0n) is 19.3. The fraction of sp³-hybridized carbons (Fsp3) is 0.192. The highest BCUT2D eigenvalue weighted by Gasteiger charge is 2.18. The first-order chi connectivity index (χ1) is 17.7. The fourth-order valence-corrected chi connectivity index (χ4v) is 4.18. The average Bonchev–Trinajstić information content (AvgIpc) is 3.57. The number of amides is 1. The molecule has 36 heavy (non-hydrogen) atoms. The number of aromatic amines is 1. The van der Waals surface area contributed by atoms with E-state index in [2.05, 4.69) is 35.3 Å². The van der Waals surface area contributed by atoms with Crippen LogP contribution in [-0.4, -0.2) is 57.3 Å². The Morgan fingerprint density at radius 1 is 1.00 bits per heavy atom. The van der Waals surface area contributed by atoms with E-state index >= 15 is 0 Å². The molecule has 0 atom stereocenters. The Kier molecular flexibility index (Phi) is 5.84. The summed E-state index contributed by atoms with van der Waals surface area (Å²) in [4.78, 5) is 31.5. The molecule has 5 aromatic rings. The number of hydrogen-bond donors (Lipinski definition) is 2. The molecular weight excluding hydrogens is 458 g/mol. The van der Waals surface area contributed by atoms with Crippen LogP contribution in [0.3, 0.4) is 0 Å². The van der Waals surface area contributed by atoms with Crippen LogP contribution < -0.4 is 10.2 Å². The largest absolute Gasteiger partial charge is 0.378 e. The van der Waals surface area contributed by atoms with Crippen molar-refractivity contribution in [2.75, 3.05) is 36.5 Å². The smallest absolute Gasteiger partial charge is 0.232 e. The number of rotatable bonds is 6. The lowest BCUT2D eigenvalue weighted by Crippen LogP contribution is -2.36. The van der Waals surface area contributed by atoms with E-state index in [0.29, 0.717) is 41.8 Å². The van der Waals surface area contributed by atoms with Gasteiger partial charge in [0.2, 0.25) is 5.91 Å². The normalized spacial score (nSPS) is 13.7. The van der Waals surface area contributed by atoms with Gasteiger partial charge in [0.1, 0.15) is 29.1 Å². The van der Waals surface area contributed by atoms with Gasteiger partial charge in [0.05, 0.1) is 19.6 Å². The summed E-state index contributed by atoms with van der Waals surface area (Å²) < 4.78 is 10.8. The predicted octanol–water partition coefficient (Wildman–Crippen LogP) is 3.69. The minimum atomic E-state index is -0.187. The molecule has 0 aliphatic carbocycles. The number of benzene rings is 2. The fourth-order valence-electron chi connectivity index (χ4n) is 4.18. The van der Waals surface area contributed by atoms with Crippen molar-refractivity contribution in [3.05, 3.63) is 72.8 Å². The van der Waals surface area contributed by atoms with Gasteiger partial charge >= 0.3 is 0 Å². The van der Waals surface area contributed by atoms with Crippen LogP contribution in [0.15, 0.2) is 71.5 Å². The number of carbonyl (C=O) groups excluding carboxylic acids is 1. The van der Waals surface area contributed by atoms with Gasteiger partial charge in [0.25, 0.3) is 0 Å². The van der Waals surface area contributed by atoms with Gasteiger partial charge in [0.15, 0.2) is 11.5 Å². The monoisotopic (exact) mass is 481 g/mol. The van der Waals surface area contributed by atoms with Crippen LogP contribution in [0, 0.1) is 0 Å². The van der Waals surface area contributed by atoms with Crippen LogP contribution >= 0.6 is 0 Å². The van der Waals surface area contributed by atoms with Crippen molar-refractivity contribution in [3.8, 4) is 22.6 Å². The topological polar surface area (TPSA) is 122 Å². The molecule has 4 heterocycles. The summed E-state index contributed by atoms with van der Waals surface area (Å²) in [7, 11) is 0. The Hall–Kier alpha value is -4.57. The van der Waals surface area contributed by atoms with Crippen molar-refractivity contribution in [1.82, 2.24) is 25.1 Å². The Morgan fingerprint density at radius 2 is 1.81 bits per heavy atom. The van der Waals surface area contributed by atoms with Crippen molar-refractivity contribution in [2.24, 2.45) is 0 Å². The lowest BCUT2D eigenvalue weighted by Gasteiger charge is -2.27. The minimum Gasteiger partial charge on any atom is -0.378 e. The summed E-state index contributed by atoms with van der Waals surface area (Å²) in [5, 5.41) is 6.96. The molecule has 1 fully saturated rings. The molecule has 2 N–H and O–H groups in total. The Morgan fingerprint density at radius 3 is 2.61 bits per heavy atom. The highest BCUT2D eigenvalue weighted by Crippen LogP contribution is 2.26. The van der Waals surface area contributed by atoms with E-state index in [0.717, 1.165) is 35.6 Å². The molecule has 0 saturated carbocycles. The van der Waals surface area contributed by atoms with E-state index < -0.39 is 0 Å². The maximum Gasteiger partial charge on any atom is 0.232 e. The van der Waals surface area contributed by atoms with E-state index in [-0.39, 0.29) is 12.3 Å². The highest BCUT2D eigenvalue weighted by molar-refractivity contribution is 5.92. The molecule has 0 bridgehead atoms. The maximum atomic E-state index is 12.5. The maximum absolute atomic E-state index is 12.5. The third-order valence-electron chi connectivity index (χ3n) is 5.98. The number of morpholine rings is 1. The molecule has 1 saturated heterocycles. The molecule has 0 unspecified atom stereocenters. The second-order valence-electron chi connectivity index (χ2n) is 8.43. The van der Waals surface area contributed by atoms with Gasteiger partial charge in [0, 0.05) is 36.0 Å². The van der Waals surface area contributed by atoms with Gasteiger partial charge in [-0.25, -0.2) is 15.0 Å². The summed E-state index contributed by atoms with van der Waals surface area (Å²) in [6.07, 6.45) is 1.63. The summed E-state index contributed by atoms with van der Waals surface area (Å²) in [5.41, 5.74) is 4.61. The Balaban J connectivity index is 1.14. The van der Waals surface area contributed by atoms with E-state index in [1.165, 1.54) is 6.33 Å². The van der Waals surface area contributed by atoms with E-state index in [1.54, 1.807) is 6.07 Å². The second-order valence-corrected chi connectivity index (χ2v) is 8.43. The first-order valence-electron chi connectivity index (χ1n) is 11.7. The molecule has 3 aromatic heterocycles. The summed E-state index contributed by atoms with van der Waals surface area (Å²) in [6.45, 7) is 2.89. The Labute approximate surface area is 206 Å².